The van der Waals surface area contributed by atoms with Crippen molar-refractivity contribution >= 4 is 45.5 Å². The number of nitrogens with one attached hydrogen (secondary N) is 1. The quantitative estimate of drug-likeness (QED) is 0.548. The Bertz CT molecular complexity index is 1140. The summed E-state index contributed by atoms with van der Waals surface area (Å²) >= 11 is 1.25. The van der Waals surface area contributed by atoms with Gasteiger partial charge in [-0.3, -0.25) is 4.79 Å². The number of nitrogens with zero attached hydrogens (tertiary/aromatic N) is 2. The lowest BCUT2D eigenvalue weighted by molar-refractivity contribution is -0.115. The molecule has 1 fully saturated rings. The number of terminal acetylenes is 1. The number of carbonyl (C=O) groups is 1. The number of carbonyl (C=O) groups excluding carboxylic acids is 1. The van der Waals surface area contributed by atoms with Gasteiger partial charge < -0.3 is 9.88 Å². The number of para-hydroxylation sites is 1. The predicted molar refractivity (Wildman–Crippen MR) is 108 cm³/mol. The van der Waals surface area contributed by atoms with Gasteiger partial charge in [0, 0.05) is 22.7 Å². The molecule has 3 aromatic rings. The number of hydrogen-bond acceptors (Lipinski definition) is 3. The molecule has 1 aliphatic rings. The van der Waals surface area contributed by atoms with Crippen LogP contribution >= 0.6 is 11.8 Å². The van der Waals surface area contributed by atoms with Gasteiger partial charge in [-0.05, 0) is 48.2 Å². The van der Waals surface area contributed by atoms with Crippen LogP contribution in [-0.2, 0) is 11.3 Å². The molecular weight excluding hydrogens is 361 g/mol. The molecule has 0 atom stereocenters. The molecule has 6 heteroatoms. The van der Waals surface area contributed by atoms with E-state index in [4.69, 9.17) is 6.42 Å². The average Bonchev–Trinajstić information content (AvgIpc) is 3.19. The highest BCUT2D eigenvalue weighted by Crippen LogP contribution is 2.31. The summed E-state index contributed by atoms with van der Waals surface area (Å²) < 4.78 is 15.0. The summed E-state index contributed by atoms with van der Waals surface area (Å²) in [4.78, 5) is 17.2. The third-order valence-corrected chi connectivity index (χ3v) is 4.99. The molecule has 0 saturated carbocycles. The van der Waals surface area contributed by atoms with E-state index in [1.165, 1.54) is 23.9 Å². The number of halogens is 1. The SMILES string of the molecule is C#CCn1cc(C=C2SC(=Nc3ccc(F)cc3)NC2=O)c2ccccc21. The minimum atomic E-state index is -0.328. The highest BCUT2D eigenvalue weighted by Gasteiger charge is 2.24. The lowest BCUT2D eigenvalue weighted by Crippen LogP contribution is -2.19. The fourth-order valence-electron chi connectivity index (χ4n) is 2.87. The highest BCUT2D eigenvalue weighted by atomic mass is 32.2. The molecule has 1 aromatic heterocycles. The van der Waals surface area contributed by atoms with Crippen LogP contribution in [0.1, 0.15) is 5.56 Å². The number of amidine groups is 1. The van der Waals surface area contributed by atoms with Crippen molar-refractivity contribution in [3.63, 3.8) is 0 Å². The van der Waals surface area contributed by atoms with E-state index in [0.717, 1.165) is 16.5 Å². The molecule has 0 radical (unpaired) electrons. The average molecular weight is 375 g/mol. The van der Waals surface area contributed by atoms with Gasteiger partial charge in [0.2, 0.25) is 0 Å². The maximum atomic E-state index is 13.0. The number of aliphatic imine (C=N–C) groups is 1. The van der Waals surface area contributed by atoms with Crippen molar-refractivity contribution in [2.75, 3.05) is 0 Å². The summed E-state index contributed by atoms with van der Waals surface area (Å²) in [5.41, 5.74) is 2.51. The Balaban J connectivity index is 1.67. The van der Waals surface area contributed by atoms with E-state index in [-0.39, 0.29) is 11.7 Å². The molecule has 4 nitrogen and oxygen atoms in total. The van der Waals surface area contributed by atoms with Crippen molar-refractivity contribution < 1.29 is 9.18 Å². The molecular formula is C21H14FN3OS. The largest absolute Gasteiger partial charge is 0.335 e. The maximum absolute atomic E-state index is 13.0. The lowest BCUT2D eigenvalue weighted by Gasteiger charge is -1.97. The topological polar surface area (TPSA) is 46.4 Å². The van der Waals surface area contributed by atoms with Crippen LogP contribution in [0.25, 0.3) is 17.0 Å². The van der Waals surface area contributed by atoms with Crippen LogP contribution in [0.4, 0.5) is 10.1 Å². The highest BCUT2D eigenvalue weighted by molar-refractivity contribution is 8.18. The van der Waals surface area contributed by atoms with Crippen molar-refractivity contribution in [2.24, 2.45) is 4.99 Å². The first kappa shape index (κ1) is 17.1. The van der Waals surface area contributed by atoms with E-state index in [0.29, 0.717) is 22.3 Å². The van der Waals surface area contributed by atoms with Gasteiger partial charge in [-0.2, -0.15) is 0 Å². The van der Waals surface area contributed by atoms with Gasteiger partial charge in [-0.1, -0.05) is 24.1 Å². The molecule has 0 bridgehead atoms. The molecule has 1 saturated heterocycles. The van der Waals surface area contributed by atoms with Gasteiger partial charge >= 0.3 is 0 Å². The number of aromatic nitrogens is 1. The fraction of sp³-hybridized carbons (Fsp3) is 0.0476. The second-order valence-corrected chi connectivity index (χ2v) is 6.92. The Morgan fingerprint density at radius 1 is 1.22 bits per heavy atom. The summed E-state index contributed by atoms with van der Waals surface area (Å²) in [7, 11) is 0. The van der Waals surface area contributed by atoms with Gasteiger partial charge in [-0.25, -0.2) is 9.38 Å². The van der Waals surface area contributed by atoms with E-state index in [9.17, 15) is 9.18 Å². The Hall–Kier alpha value is -3.30. The van der Waals surface area contributed by atoms with Crippen molar-refractivity contribution in [2.45, 2.75) is 6.54 Å². The molecule has 132 valence electrons. The van der Waals surface area contributed by atoms with E-state index >= 15 is 0 Å². The van der Waals surface area contributed by atoms with Gasteiger partial charge in [-0.15, -0.1) is 6.42 Å². The van der Waals surface area contributed by atoms with Crippen molar-refractivity contribution in [1.82, 2.24) is 9.88 Å². The van der Waals surface area contributed by atoms with Crippen LogP contribution < -0.4 is 5.32 Å². The molecule has 2 heterocycles. The molecule has 1 amide bonds. The van der Waals surface area contributed by atoms with E-state index < -0.39 is 0 Å². The summed E-state index contributed by atoms with van der Waals surface area (Å²) in [5.74, 6) is 2.10. The zero-order valence-corrected chi connectivity index (χ0v) is 15.0. The molecule has 1 N–H and O–H groups in total. The predicted octanol–water partition coefficient (Wildman–Crippen LogP) is 4.31. The maximum Gasteiger partial charge on any atom is 0.264 e. The summed E-state index contributed by atoms with van der Waals surface area (Å²) in [5, 5.41) is 4.23. The zero-order valence-electron chi connectivity index (χ0n) is 14.1. The standard InChI is InChI=1S/C21H14FN3OS/c1-2-11-25-13-14(17-5-3-4-6-18(17)25)12-19-20(26)24-21(27-19)23-16-9-7-15(22)8-10-16/h1,3-10,12-13H,11H2,(H,23,24,26). The number of thioether (sulfide) groups is 1. The Kier molecular flexibility index (Phi) is 4.53. The molecule has 0 unspecified atom stereocenters. The second kappa shape index (κ2) is 7.14. The van der Waals surface area contributed by atoms with Crippen LogP contribution in [0.2, 0.25) is 0 Å². The van der Waals surface area contributed by atoms with Crippen LogP contribution in [0.15, 0.2) is 64.6 Å². The van der Waals surface area contributed by atoms with E-state index in [1.807, 2.05) is 41.1 Å². The number of hydrogen-bond donors (Lipinski definition) is 1. The zero-order chi connectivity index (χ0) is 18.8. The Morgan fingerprint density at radius 2 is 2.00 bits per heavy atom. The minimum Gasteiger partial charge on any atom is -0.335 e. The summed E-state index contributed by atoms with van der Waals surface area (Å²) in [6, 6.07) is 13.7. The third-order valence-electron chi connectivity index (χ3n) is 4.08. The third kappa shape index (κ3) is 3.50. The minimum absolute atomic E-state index is 0.213. The van der Waals surface area contributed by atoms with Crippen LogP contribution in [0.3, 0.4) is 0 Å². The molecule has 0 spiro atoms. The molecule has 27 heavy (non-hydrogen) atoms. The normalized spacial score (nSPS) is 16.8. The monoisotopic (exact) mass is 375 g/mol. The summed E-state index contributed by atoms with van der Waals surface area (Å²) in [6.07, 6.45) is 9.23. The number of rotatable bonds is 3. The number of benzene rings is 2. The second-order valence-electron chi connectivity index (χ2n) is 5.89. The Labute approximate surface area is 159 Å². The first-order chi connectivity index (χ1) is 13.1. The van der Waals surface area contributed by atoms with E-state index in [2.05, 4.69) is 16.2 Å². The van der Waals surface area contributed by atoms with E-state index in [1.54, 1.807) is 12.1 Å². The van der Waals surface area contributed by atoms with Gasteiger partial charge in [0.15, 0.2) is 5.17 Å². The smallest absolute Gasteiger partial charge is 0.264 e. The van der Waals surface area contributed by atoms with Crippen molar-refractivity contribution in [3.05, 3.63) is 71.0 Å². The van der Waals surface area contributed by atoms with Gasteiger partial charge in [0.05, 0.1) is 17.1 Å². The number of amides is 1. The van der Waals surface area contributed by atoms with Crippen molar-refractivity contribution in [1.29, 1.82) is 0 Å². The van der Waals surface area contributed by atoms with Gasteiger partial charge in [0.25, 0.3) is 5.91 Å². The molecule has 1 aliphatic heterocycles. The Morgan fingerprint density at radius 3 is 2.78 bits per heavy atom. The number of fused-ring (bicyclic) bond motifs is 1. The van der Waals surface area contributed by atoms with Crippen LogP contribution in [0.5, 0.6) is 0 Å². The summed E-state index contributed by atoms with van der Waals surface area (Å²) in [6.45, 7) is 0.459. The molecule has 4 rings (SSSR count). The van der Waals surface area contributed by atoms with Crippen molar-refractivity contribution in [3.8, 4) is 12.3 Å². The van der Waals surface area contributed by atoms with Crippen LogP contribution in [-0.4, -0.2) is 15.6 Å². The lowest BCUT2D eigenvalue weighted by atomic mass is 10.1. The van der Waals surface area contributed by atoms with Gasteiger partial charge in [0.1, 0.15) is 5.82 Å². The fourth-order valence-corrected chi connectivity index (χ4v) is 3.71. The first-order valence-electron chi connectivity index (χ1n) is 8.20. The van der Waals surface area contributed by atoms with Crippen LogP contribution in [0, 0.1) is 18.2 Å². The molecule has 2 aromatic carbocycles. The first-order valence-corrected chi connectivity index (χ1v) is 9.02. The molecule has 0 aliphatic carbocycles.